The Hall–Kier alpha value is -1.21. The van der Waals surface area contributed by atoms with E-state index in [1.54, 1.807) is 0 Å². The van der Waals surface area contributed by atoms with Crippen molar-refractivity contribution in [2.75, 3.05) is 39.5 Å². The molecule has 2 N–H and O–H groups in total. The van der Waals surface area contributed by atoms with Gasteiger partial charge >= 0.3 is 5.97 Å². The molecule has 0 spiro atoms. The van der Waals surface area contributed by atoms with Crippen molar-refractivity contribution in [3.63, 3.8) is 0 Å². The predicted octanol–water partition coefficient (Wildman–Crippen LogP) is 2.30. The first-order chi connectivity index (χ1) is 14.3. The number of rotatable bonds is 5. The number of nitrogens with zero attached hydrogens (tertiary/aromatic N) is 1. The first kappa shape index (κ1) is 22.0. The number of esters is 1. The molecule has 2 saturated carbocycles. The highest BCUT2D eigenvalue weighted by Crippen LogP contribution is 2.62. The highest BCUT2D eigenvalue weighted by molar-refractivity contribution is 5.91. The van der Waals surface area contributed by atoms with Crippen LogP contribution < -0.4 is 0 Å². The van der Waals surface area contributed by atoms with Crippen molar-refractivity contribution in [3.05, 3.63) is 23.8 Å². The van der Waals surface area contributed by atoms with Gasteiger partial charge in [0.2, 0.25) is 0 Å². The number of aliphatic hydroxyl groups excluding tert-OH is 2. The maximum atomic E-state index is 12.5. The Kier molecular flexibility index (Phi) is 6.14. The van der Waals surface area contributed by atoms with Gasteiger partial charge in [0.1, 0.15) is 6.61 Å². The molecule has 0 radical (unpaired) electrons. The van der Waals surface area contributed by atoms with Gasteiger partial charge in [0.25, 0.3) is 0 Å². The van der Waals surface area contributed by atoms with Crippen molar-refractivity contribution in [3.8, 4) is 0 Å². The maximum Gasteiger partial charge on any atom is 0.335 e. The van der Waals surface area contributed by atoms with Gasteiger partial charge < -0.3 is 19.7 Å². The molecule has 30 heavy (non-hydrogen) atoms. The Balaban J connectivity index is 1.66. The van der Waals surface area contributed by atoms with Crippen LogP contribution >= 0.6 is 0 Å². The van der Waals surface area contributed by atoms with Crippen LogP contribution in [0.1, 0.15) is 46.0 Å². The summed E-state index contributed by atoms with van der Waals surface area (Å²) in [6.07, 6.45) is 5.76. The molecule has 168 valence electrons. The van der Waals surface area contributed by atoms with E-state index < -0.39 is 11.5 Å². The lowest BCUT2D eigenvalue weighted by atomic mass is 9.46. The number of ether oxygens (including phenoxy) is 2. The van der Waals surface area contributed by atoms with Crippen molar-refractivity contribution in [2.24, 2.45) is 22.7 Å². The Morgan fingerprint density at radius 3 is 2.67 bits per heavy atom. The molecule has 6 heteroatoms. The lowest BCUT2D eigenvalue weighted by Crippen LogP contribution is -2.58. The molecule has 0 bridgehead atoms. The quantitative estimate of drug-likeness (QED) is 0.526. The normalized spacial score (nSPS) is 41.2. The highest BCUT2D eigenvalue weighted by atomic mass is 16.5. The van der Waals surface area contributed by atoms with Crippen LogP contribution in [0.3, 0.4) is 0 Å². The minimum Gasteiger partial charge on any atom is -0.458 e. The molecule has 6 nitrogen and oxygen atoms in total. The van der Waals surface area contributed by atoms with E-state index in [-0.39, 0.29) is 35.9 Å². The summed E-state index contributed by atoms with van der Waals surface area (Å²) in [6.45, 7) is 12.2. The topological polar surface area (TPSA) is 79.2 Å². The summed E-state index contributed by atoms with van der Waals surface area (Å²) >= 11 is 0. The number of allylic oxidation sites excluding steroid dienone is 1. The van der Waals surface area contributed by atoms with Crippen LogP contribution in [0.5, 0.6) is 0 Å². The number of carbonyl (C=O) groups excluding carboxylic acids is 1. The van der Waals surface area contributed by atoms with Gasteiger partial charge in [-0.25, -0.2) is 4.79 Å². The zero-order valence-electron chi connectivity index (χ0n) is 18.4. The molecule has 0 aromatic rings. The van der Waals surface area contributed by atoms with Gasteiger partial charge in [-0.15, -0.1) is 0 Å². The van der Waals surface area contributed by atoms with Crippen molar-refractivity contribution >= 4 is 5.97 Å². The number of carbonyl (C=O) groups is 1. The monoisotopic (exact) mass is 419 g/mol. The predicted molar refractivity (Wildman–Crippen MR) is 114 cm³/mol. The third kappa shape index (κ3) is 3.56. The first-order valence-corrected chi connectivity index (χ1v) is 11.5. The largest absolute Gasteiger partial charge is 0.458 e. The van der Waals surface area contributed by atoms with Gasteiger partial charge in [-0.1, -0.05) is 26.0 Å². The van der Waals surface area contributed by atoms with Crippen LogP contribution in [0.15, 0.2) is 23.8 Å². The van der Waals surface area contributed by atoms with Gasteiger partial charge in [-0.2, -0.15) is 0 Å². The van der Waals surface area contributed by atoms with Gasteiger partial charge in [-0.3, -0.25) is 4.90 Å². The SMILES string of the molecule is C=C1CCC2C(C)(CO)C(O)CCC2(C)C1CC(C1=CCOC1=O)N1CCOCC1. The highest BCUT2D eigenvalue weighted by Gasteiger charge is 2.58. The number of fused-ring (bicyclic) bond motifs is 1. The number of aliphatic hydroxyl groups is 2. The first-order valence-electron chi connectivity index (χ1n) is 11.5. The van der Waals surface area contributed by atoms with E-state index in [4.69, 9.17) is 9.47 Å². The van der Waals surface area contributed by atoms with E-state index in [2.05, 4.69) is 18.4 Å². The molecule has 0 amide bonds. The molecule has 2 aliphatic heterocycles. The van der Waals surface area contributed by atoms with Crippen molar-refractivity contribution in [1.29, 1.82) is 0 Å². The van der Waals surface area contributed by atoms with E-state index in [0.29, 0.717) is 26.2 Å². The van der Waals surface area contributed by atoms with Crippen molar-refractivity contribution in [1.82, 2.24) is 4.90 Å². The molecule has 2 aliphatic carbocycles. The minimum atomic E-state index is -0.494. The summed E-state index contributed by atoms with van der Waals surface area (Å²) in [5, 5.41) is 21.0. The summed E-state index contributed by atoms with van der Waals surface area (Å²) in [7, 11) is 0. The zero-order valence-corrected chi connectivity index (χ0v) is 18.4. The maximum absolute atomic E-state index is 12.5. The van der Waals surface area contributed by atoms with Gasteiger partial charge in [-0.05, 0) is 55.4 Å². The third-order valence-corrected chi connectivity index (χ3v) is 8.75. The molecule has 1 saturated heterocycles. The summed E-state index contributed by atoms with van der Waals surface area (Å²) in [5.41, 5.74) is 1.47. The van der Waals surface area contributed by atoms with E-state index in [1.807, 2.05) is 13.0 Å². The Bertz CT molecular complexity index is 714. The minimum absolute atomic E-state index is 0.00199. The van der Waals surface area contributed by atoms with E-state index >= 15 is 0 Å². The summed E-state index contributed by atoms with van der Waals surface area (Å²) in [6, 6.07) is -0.00606. The molecule has 0 aromatic carbocycles. The molecular formula is C24H37NO5. The lowest BCUT2D eigenvalue weighted by molar-refractivity contribution is -0.154. The van der Waals surface area contributed by atoms with Crippen molar-refractivity contribution < 1.29 is 24.5 Å². The van der Waals surface area contributed by atoms with Crippen LogP contribution in [-0.2, 0) is 14.3 Å². The van der Waals surface area contributed by atoms with Gasteiger partial charge in [0, 0.05) is 24.5 Å². The summed E-state index contributed by atoms with van der Waals surface area (Å²) in [4.78, 5) is 14.9. The van der Waals surface area contributed by atoms with Crippen LogP contribution in [0.2, 0.25) is 0 Å². The third-order valence-electron chi connectivity index (χ3n) is 8.75. The Labute approximate surface area is 179 Å². The van der Waals surface area contributed by atoms with E-state index in [9.17, 15) is 15.0 Å². The Morgan fingerprint density at radius 1 is 1.30 bits per heavy atom. The number of hydrogen-bond acceptors (Lipinski definition) is 6. The molecule has 0 aromatic heterocycles. The van der Waals surface area contributed by atoms with E-state index in [0.717, 1.165) is 44.3 Å². The second kappa shape index (κ2) is 8.38. The van der Waals surface area contributed by atoms with Crippen LogP contribution in [0.4, 0.5) is 0 Å². The molecular weight excluding hydrogens is 382 g/mol. The zero-order chi connectivity index (χ0) is 21.5. The molecule has 4 aliphatic rings. The summed E-state index contributed by atoms with van der Waals surface area (Å²) in [5.74, 6) is 0.259. The molecule has 4 rings (SSSR count). The number of morpholine rings is 1. The fourth-order valence-corrected chi connectivity index (χ4v) is 6.87. The average molecular weight is 420 g/mol. The van der Waals surface area contributed by atoms with Crippen molar-refractivity contribution in [2.45, 2.75) is 58.1 Å². The molecule has 2 heterocycles. The van der Waals surface area contributed by atoms with Crippen LogP contribution in [-0.4, -0.2) is 72.7 Å². The van der Waals surface area contributed by atoms with Crippen LogP contribution in [0.25, 0.3) is 0 Å². The lowest BCUT2D eigenvalue weighted by Gasteiger charge is -2.60. The Morgan fingerprint density at radius 2 is 2.03 bits per heavy atom. The van der Waals surface area contributed by atoms with Gasteiger partial charge in [0.15, 0.2) is 0 Å². The number of hydrogen-bond donors (Lipinski definition) is 2. The van der Waals surface area contributed by atoms with E-state index in [1.165, 1.54) is 5.57 Å². The standard InChI is InChI=1S/C24H37NO5/c1-16-4-5-20-23(2,8-6-21(27)24(20,3)15-26)18(16)14-19(17-7-11-30-22(17)28)25-9-12-29-13-10-25/h7,18-21,26-27H,1,4-6,8-15H2,2-3H3. The fraction of sp³-hybridized carbons (Fsp3) is 0.792. The smallest absolute Gasteiger partial charge is 0.335 e. The van der Waals surface area contributed by atoms with Gasteiger partial charge in [0.05, 0.1) is 31.5 Å². The molecule has 3 fully saturated rings. The fourth-order valence-electron chi connectivity index (χ4n) is 6.87. The average Bonchev–Trinajstić information content (AvgIpc) is 3.17. The summed E-state index contributed by atoms with van der Waals surface area (Å²) < 4.78 is 10.8. The second-order valence-electron chi connectivity index (χ2n) is 10.2. The van der Waals surface area contributed by atoms with Crippen LogP contribution in [0, 0.1) is 22.7 Å². The molecule has 6 atom stereocenters. The molecule has 6 unspecified atom stereocenters. The second-order valence-corrected chi connectivity index (χ2v) is 10.2. The number of cyclic esters (lactones) is 1.